The van der Waals surface area contributed by atoms with Crippen LogP contribution in [0.15, 0.2) is 42.5 Å². The van der Waals surface area contributed by atoms with Crippen LogP contribution in [0.3, 0.4) is 0 Å². The number of amides is 1. The number of carboxylic acids is 1. The quantitative estimate of drug-likeness (QED) is 0.784. The molecule has 0 aromatic heterocycles. The molecule has 2 aromatic carbocycles. The molecule has 0 aliphatic carbocycles. The molecule has 1 unspecified atom stereocenters. The highest BCUT2D eigenvalue weighted by atomic mass is 16.5. The van der Waals surface area contributed by atoms with E-state index in [0.29, 0.717) is 12.8 Å². The van der Waals surface area contributed by atoms with Gasteiger partial charge >= 0.3 is 5.97 Å². The Morgan fingerprint density at radius 1 is 1.17 bits per heavy atom. The van der Waals surface area contributed by atoms with Crippen molar-refractivity contribution in [3.8, 4) is 0 Å². The Bertz CT molecular complexity index is 684. The van der Waals surface area contributed by atoms with Crippen LogP contribution in [0.4, 0.5) is 0 Å². The Labute approximate surface area is 135 Å². The first kappa shape index (κ1) is 17.0. The topological polar surface area (TPSA) is 75.6 Å². The summed E-state index contributed by atoms with van der Waals surface area (Å²) in [7, 11) is 1.40. The molecule has 0 heterocycles. The minimum absolute atomic E-state index is 0.0360. The van der Waals surface area contributed by atoms with Gasteiger partial charge in [0.05, 0.1) is 6.61 Å². The molecule has 0 fully saturated rings. The molecule has 23 heavy (non-hydrogen) atoms. The van der Waals surface area contributed by atoms with Crippen molar-refractivity contribution in [3.05, 3.63) is 48.0 Å². The van der Waals surface area contributed by atoms with E-state index in [9.17, 15) is 9.59 Å². The van der Waals surface area contributed by atoms with Crippen LogP contribution in [0.25, 0.3) is 10.8 Å². The number of carbonyl (C=O) groups is 2. The zero-order valence-electron chi connectivity index (χ0n) is 13.1. The van der Waals surface area contributed by atoms with Gasteiger partial charge in [-0.1, -0.05) is 42.5 Å². The van der Waals surface area contributed by atoms with E-state index in [4.69, 9.17) is 9.84 Å². The second-order valence-electron chi connectivity index (χ2n) is 5.45. The van der Waals surface area contributed by atoms with Crippen LogP contribution in [0.2, 0.25) is 0 Å². The minimum atomic E-state index is -1.09. The van der Waals surface area contributed by atoms with Gasteiger partial charge in [-0.05, 0) is 29.2 Å². The Kier molecular flexibility index (Phi) is 6.11. The number of methoxy groups -OCH3 is 1. The fourth-order valence-electron chi connectivity index (χ4n) is 2.46. The van der Waals surface area contributed by atoms with Crippen molar-refractivity contribution >= 4 is 22.6 Å². The fraction of sp³-hybridized carbons (Fsp3) is 0.333. The molecule has 0 aliphatic heterocycles. The molecule has 2 N–H and O–H groups in total. The Morgan fingerprint density at radius 3 is 2.61 bits per heavy atom. The van der Waals surface area contributed by atoms with Crippen molar-refractivity contribution in [2.75, 3.05) is 13.7 Å². The number of fused-ring (bicyclic) bond motifs is 1. The number of nitrogens with one attached hydrogen (secondary N) is 1. The lowest BCUT2D eigenvalue weighted by Gasteiger charge is -2.13. The van der Waals surface area contributed by atoms with Crippen LogP contribution in [0, 0.1) is 0 Å². The highest BCUT2D eigenvalue weighted by Gasteiger charge is 2.19. The summed E-state index contributed by atoms with van der Waals surface area (Å²) in [6, 6.07) is 13.4. The van der Waals surface area contributed by atoms with Crippen molar-refractivity contribution in [2.45, 2.75) is 25.3 Å². The van der Waals surface area contributed by atoms with Gasteiger partial charge in [0.1, 0.15) is 0 Å². The Hall–Kier alpha value is -2.40. The van der Waals surface area contributed by atoms with E-state index in [2.05, 4.69) is 35.6 Å². The Morgan fingerprint density at radius 2 is 1.91 bits per heavy atom. The summed E-state index contributed by atoms with van der Waals surface area (Å²) in [5.41, 5.74) is 1.17. The average Bonchev–Trinajstić information content (AvgIpc) is 2.54. The smallest absolute Gasteiger partial charge is 0.328 e. The molecule has 5 heteroatoms. The molecule has 122 valence electrons. The zero-order valence-corrected chi connectivity index (χ0v) is 13.1. The van der Waals surface area contributed by atoms with E-state index in [0.717, 1.165) is 6.42 Å². The second kappa shape index (κ2) is 8.29. The average molecular weight is 315 g/mol. The molecule has 0 saturated heterocycles. The van der Waals surface area contributed by atoms with Gasteiger partial charge in [-0.15, -0.1) is 0 Å². The summed E-state index contributed by atoms with van der Waals surface area (Å²) in [5.74, 6) is -1.36. The number of hydrogen-bond acceptors (Lipinski definition) is 3. The Balaban J connectivity index is 1.83. The van der Waals surface area contributed by atoms with Gasteiger partial charge in [0, 0.05) is 13.5 Å². The van der Waals surface area contributed by atoms with E-state index < -0.39 is 12.0 Å². The lowest BCUT2D eigenvalue weighted by atomic mass is 10.0. The van der Waals surface area contributed by atoms with Crippen LogP contribution >= 0.6 is 0 Å². The highest BCUT2D eigenvalue weighted by Crippen LogP contribution is 2.17. The maximum absolute atomic E-state index is 11.8. The summed E-state index contributed by atoms with van der Waals surface area (Å²) >= 11 is 0. The van der Waals surface area contributed by atoms with Crippen LogP contribution in [0.1, 0.15) is 18.4 Å². The van der Waals surface area contributed by atoms with Crippen LogP contribution in [-0.2, 0) is 20.7 Å². The number of hydrogen-bond donors (Lipinski definition) is 2. The maximum atomic E-state index is 11.8. The number of rotatable bonds is 8. The third kappa shape index (κ3) is 5.07. The van der Waals surface area contributed by atoms with Crippen molar-refractivity contribution in [3.63, 3.8) is 0 Å². The molecule has 0 radical (unpaired) electrons. The first-order valence-electron chi connectivity index (χ1n) is 7.59. The molecule has 5 nitrogen and oxygen atoms in total. The van der Waals surface area contributed by atoms with E-state index in [1.54, 1.807) is 0 Å². The van der Waals surface area contributed by atoms with Gasteiger partial charge in [0.2, 0.25) is 5.91 Å². The number of ether oxygens (including phenoxy) is 1. The van der Waals surface area contributed by atoms with E-state index in [1.165, 1.54) is 23.4 Å². The fourth-order valence-corrected chi connectivity index (χ4v) is 2.46. The van der Waals surface area contributed by atoms with Crippen molar-refractivity contribution < 1.29 is 19.4 Å². The van der Waals surface area contributed by atoms with E-state index in [1.807, 2.05) is 12.1 Å². The molecule has 0 aliphatic rings. The molecule has 2 rings (SSSR count). The van der Waals surface area contributed by atoms with Crippen molar-refractivity contribution in [2.24, 2.45) is 0 Å². The first-order chi connectivity index (χ1) is 11.1. The normalized spacial score (nSPS) is 12.0. The summed E-state index contributed by atoms with van der Waals surface area (Å²) < 4.78 is 4.79. The number of carbonyl (C=O) groups excluding carboxylic acids is 1. The molecule has 0 spiro atoms. The second-order valence-corrected chi connectivity index (χ2v) is 5.45. The SMILES string of the molecule is COCC(NC(=O)CCCc1ccc2ccccc2c1)C(=O)O. The van der Waals surface area contributed by atoms with Crippen LogP contribution < -0.4 is 5.32 Å². The molecular formula is C18H21NO4. The third-order valence-electron chi connectivity index (χ3n) is 3.65. The summed E-state index contributed by atoms with van der Waals surface area (Å²) in [4.78, 5) is 22.8. The summed E-state index contributed by atoms with van der Waals surface area (Å²) in [6.07, 6.45) is 1.74. The van der Waals surface area contributed by atoms with Crippen molar-refractivity contribution in [1.82, 2.24) is 5.32 Å². The van der Waals surface area contributed by atoms with E-state index >= 15 is 0 Å². The molecule has 2 aromatic rings. The zero-order chi connectivity index (χ0) is 16.7. The van der Waals surface area contributed by atoms with Crippen LogP contribution in [0.5, 0.6) is 0 Å². The lowest BCUT2D eigenvalue weighted by Crippen LogP contribution is -2.43. The molecule has 1 amide bonds. The van der Waals surface area contributed by atoms with E-state index in [-0.39, 0.29) is 12.5 Å². The van der Waals surface area contributed by atoms with Gasteiger partial charge in [-0.2, -0.15) is 0 Å². The molecule has 1 atom stereocenters. The summed E-state index contributed by atoms with van der Waals surface area (Å²) in [6.45, 7) is -0.0360. The van der Waals surface area contributed by atoms with Crippen molar-refractivity contribution in [1.29, 1.82) is 0 Å². The first-order valence-corrected chi connectivity index (χ1v) is 7.59. The lowest BCUT2D eigenvalue weighted by molar-refractivity contribution is -0.143. The minimum Gasteiger partial charge on any atom is -0.480 e. The number of aliphatic carboxylic acids is 1. The van der Waals surface area contributed by atoms with Gasteiger partial charge in [0.25, 0.3) is 0 Å². The van der Waals surface area contributed by atoms with Gasteiger partial charge in [-0.25, -0.2) is 4.79 Å². The molecular weight excluding hydrogens is 294 g/mol. The predicted molar refractivity (Wildman–Crippen MR) is 88.3 cm³/mol. The standard InChI is InChI=1S/C18H21NO4/c1-23-12-16(18(21)22)19-17(20)8-4-5-13-9-10-14-6-2-3-7-15(14)11-13/h2-3,6-7,9-11,16H,4-5,8,12H2,1H3,(H,19,20)(H,21,22). The van der Waals surface area contributed by atoms with Gasteiger partial charge in [-0.3, -0.25) is 4.79 Å². The van der Waals surface area contributed by atoms with Gasteiger partial charge < -0.3 is 15.2 Å². The van der Waals surface area contributed by atoms with Crippen LogP contribution in [-0.4, -0.2) is 36.7 Å². The maximum Gasteiger partial charge on any atom is 0.328 e. The number of aryl methyl sites for hydroxylation is 1. The molecule has 0 bridgehead atoms. The predicted octanol–water partition coefficient (Wildman–Crippen LogP) is 2.38. The van der Waals surface area contributed by atoms with Gasteiger partial charge in [0.15, 0.2) is 6.04 Å². The largest absolute Gasteiger partial charge is 0.480 e. The monoisotopic (exact) mass is 315 g/mol. The summed E-state index contributed by atoms with van der Waals surface area (Å²) in [5, 5.41) is 13.8. The third-order valence-corrected chi connectivity index (χ3v) is 3.65. The number of carboxylic acid groups (broad SMARTS) is 1. The number of benzene rings is 2. The highest BCUT2D eigenvalue weighted by molar-refractivity contribution is 5.84. The molecule has 0 saturated carbocycles.